The highest BCUT2D eigenvalue weighted by Gasteiger charge is 2.27. The van der Waals surface area contributed by atoms with E-state index >= 15 is 0 Å². The van der Waals surface area contributed by atoms with Crippen molar-refractivity contribution in [2.45, 2.75) is 18.9 Å². The van der Waals surface area contributed by atoms with E-state index in [1.807, 2.05) is 47.8 Å². The van der Waals surface area contributed by atoms with Gasteiger partial charge < -0.3 is 4.74 Å². The number of halogens is 1. The van der Waals surface area contributed by atoms with Crippen LogP contribution in [0.2, 0.25) is 5.02 Å². The third-order valence-electron chi connectivity index (χ3n) is 4.55. The monoisotopic (exact) mass is 398 g/mol. The molecule has 1 aromatic heterocycles. The van der Waals surface area contributed by atoms with E-state index in [1.54, 1.807) is 17.0 Å². The Bertz CT molecular complexity index is 923. The largest absolute Gasteiger partial charge is 0.376 e. The second-order valence-corrected chi connectivity index (χ2v) is 7.66. The second kappa shape index (κ2) is 8.21. The fourth-order valence-electron chi connectivity index (χ4n) is 3.15. The molecule has 0 saturated carbocycles. The van der Waals surface area contributed by atoms with Crippen LogP contribution in [0.25, 0.3) is 11.3 Å². The molecule has 1 amide bonds. The van der Waals surface area contributed by atoms with Crippen molar-refractivity contribution < 1.29 is 9.53 Å². The third-order valence-corrected chi connectivity index (χ3v) is 5.75. The first kappa shape index (κ1) is 18.2. The lowest BCUT2D eigenvalue weighted by molar-refractivity contribution is 0.0917. The summed E-state index contributed by atoms with van der Waals surface area (Å²) in [7, 11) is 0. The number of benzene rings is 2. The highest BCUT2D eigenvalue weighted by molar-refractivity contribution is 7.14. The van der Waals surface area contributed by atoms with Crippen LogP contribution in [0.15, 0.2) is 60.0 Å². The number of carbonyl (C=O) groups is 1. The van der Waals surface area contributed by atoms with Crippen LogP contribution in [0.1, 0.15) is 23.2 Å². The molecule has 0 bridgehead atoms. The summed E-state index contributed by atoms with van der Waals surface area (Å²) in [5.41, 5.74) is 2.37. The van der Waals surface area contributed by atoms with Gasteiger partial charge in [0, 0.05) is 17.6 Å². The smallest absolute Gasteiger partial charge is 0.261 e. The van der Waals surface area contributed by atoms with Crippen LogP contribution in [0.4, 0.5) is 5.13 Å². The number of thiazole rings is 1. The van der Waals surface area contributed by atoms with Crippen molar-refractivity contribution in [3.63, 3.8) is 0 Å². The van der Waals surface area contributed by atoms with Gasteiger partial charge in [-0.1, -0.05) is 54.1 Å². The van der Waals surface area contributed by atoms with Crippen LogP contribution in [0.3, 0.4) is 0 Å². The summed E-state index contributed by atoms with van der Waals surface area (Å²) < 4.78 is 5.76. The zero-order chi connectivity index (χ0) is 18.6. The van der Waals surface area contributed by atoms with Crippen molar-refractivity contribution in [3.8, 4) is 11.3 Å². The molecule has 3 aromatic rings. The lowest BCUT2D eigenvalue weighted by Crippen LogP contribution is -2.37. The van der Waals surface area contributed by atoms with E-state index in [0.717, 1.165) is 30.7 Å². The first-order valence-corrected chi connectivity index (χ1v) is 10.2. The Morgan fingerprint density at radius 3 is 2.70 bits per heavy atom. The Morgan fingerprint density at radius 2 is 1.96 bits per heavy atom. The van der Waals surface area contributed by atoms with Crippen molar-refractivity contribution in [1.29, 1.82) is 0 Å². The molecule has 2 heterocycles. The molecule has 0 spiro atoms. The van der Waals surface area contributed by atoms with Gasteiger partial charge in [0.1, 0.15) is 0 Å². The molecule has 4 rings (SSSR count). The van der Waals surface area contributed by atoms with Gasteiger partial charge in [-0.25, -0.2) is 4.98 Å². The van der Waals surface area contributed by atoms with Crippen LogP contribution in [0, 0.1) is 0 Å². The zero-order valence-corrected chi connectivity index (χ0v) is 16.2. The summed E-state index contributed by atoms with van der Waals surface area (Å²) in [6.07, 6.45) is 2.00. The van der Waals surface area contributed by atoms with Crippen LogP contribution >= 0.6 is 22.9 Å². The van der Waals surface area contributed by atoms with Gasteiger partial charge in [0.15, 0.2) is 5.13 Å². The number of hydrogen-bond donors (Lipinski definition) is 0. The van der Waals surface area contributed by atoms with E-state index in [-0.39, 0.29) is 12.0 Å². The number of aromatic nitrogens is 1. The SMILES string of the molecule is O=C(c1ccccc1Cl)N(C[C@H]1CCCO1)c1nc(-c2ccccc2)cs1. The molecule has 1 atom stereocenters. The topological polar surface area (TPSA) is 42.4 Å². The van der Waals surface area contributed by atoms with Crippen LogP contribution < -0.4 is 4.90 Å². The van der Waals surface area contributed by atoms with E-state index in [0.29, 0.717) is 22.3 Å². The number of amides is 1. The van der Waals surface area contributed by atoms with E-state index in [9.17, 15) is 4.79 Å². The number of nitrogens with zero attached hydrogens (tertiary/aromatic N) is 2. The molecule has 138 valence electrons. The molecular formula is C21H19ClN2O2S. The molecule has 4 nitrogen and oxygen atoms in total. The van der Waals surface area contributed by atoms with Crippen LogP contribution in [-0.4, -0.2) is 30.1 Å². The quantitative estimate of drug-likeness (QED) is 0.586. The van der Waals surface area contributed by atoms with Gasteiger partial charge in [0.2, 0.25) is 0 Å². The Morgan fingerprint density at radius 1 is 1.19 bits per heavy atom. The molecule has 1 saturated heterocycles. The predicted octanol–water partition coefficient (Wildman–Crippen LogP) is 5.29. The molecule has 0 aliphatic carbocycles. The zero-order valence-electron chi connectivity index (χ0n) is 14.7. The first-order chi connectivity index (χ1) is 13.2. The normalized spacial score (nSPS) is 16.4. The average molecular weight is 399 g/mol. The van der Waals surface area contributed by atoms with Crippen LogP contribution in [-0.2, 0) is 4.74 Å². The molecule has 6 heteroatoms. The molecule has 1 aliphatic rings. The van der Waals surface area contributed by atoms with E-state index < -0.39 is 0 Å². The molecule has 27 heavy (non-hydrogen) atoms. The van der Waals surface area contributed by atoms with Crippen LogP contribution in [0.5, 0.6) is 0 Å². The minimum Gasteiger partial charge on any atom is -0.376 e. The van der Waals surface area contributed by atoms with Gasteiger partial charge in [-0.3, -0.25) is 9.69 Å². The lowest BCUT2D eigenvalue weighted by Gasteiger charge is -2.23. The molecular weight excluding hydrogens is 380 g/mol. The predicted molar refractivity (Wildman–Crippen MR) is 110 cm³/mol. The maximum atomic E-state index is 13.3. The van der Waals surface area contributed by atoms with Gasteiger partial charge in [-0.2, -0.15) is 0 Å². The van der Waals surface area contributed by atoms with Gasteiger partial charge in [-0.05, 0) is 25.0 Å². The summed E-state index contributed by atoms with van der Waals surface area (Å²) in [6.45, 7) is 1.22. The second-order valence-electron chi connectivity index (χ2n) is 6.41. The lowest BCUT2D eigenvalue weighted by atomic mass is 10.1. The maximum Gasteiger partial charge on any atom is 0.261 e. The number of rotatable bonds is 5. The Balaban J connectivity index is 1.67. The first-order valence-electron chi connectivity index (χ1n) is 8.91. The Labute approximate surface area is 167 Å². The third kappa shape index (κ3) is 4.05. The number of carbonyl (C=O) groups excluding carboxylic acids is 1. The molecule has 0 unspecified atom stereocenters. The number of anilines is 1. The number of hydrogen-bond acceptors (Lipinski definition) is 4. The van der Waals surface area contributed by atoms with E-state index in [4.69, 9.17) is 21.3 Å². The van der Waals surface area contributed by atoms with Crippen molar-refractivity contribution in [2.24, 2.45) is 0 Å². The Kier molecular flexibility index (Phi) is 5.53. The highest BCUT2D eigenvalue weighted by Crippen LogP contribution is 2.30. The molecule has 0 N–H and O–H groups in total. The van der Waals surface area contributed by atoms with E-state index in [2.05, 4.69) is 0 Å². The fraction of sp³-hybridized carbons (Fsp3) is 0.238. The maximum absolute atomic E-state index is 13.3. The molecule has 1 fully saturated rings. The summed E-state index contributed by atoms with van der Waals surface area (Å²) in [5, 5.41) is 3.08. The molecule has 2 aromatic carbocycles. The van der Waals surface area contributed by atoms with Crippen molar-refractivity contribution in [3.05, 3.63) is 70.6 Å². The Hall–Kier alpha value is -2.21. The summed E-state index contributed by atoms with van der Waals surface area (Å²) in [5.74, 6) is -0.148. The van der Waals surface area contributed by atoms with Gasteiger partial charge >= 0.3 is 0 Å². The van der Waals surface area contributed by atoms with Gasteiger partial charge in [-0.15, -0.1) is 11.3 Å². The van der Waals surface area contributed by atoms with Crippen molar-refractivity contribution in [1.82, 2.24) is 4.98 Å². The highest BCUT2D eigenvalue weighted by atomic mass is 35.5. The summed E-state index contributed by atoms with van der Waals surface area (Å²) >= 11 is 7.73. The average Bonchev–Trinajstić information content (AvgIpc) is 3.39. The minimum absolute atomic E-state index is 0.0283. The van der Waals surface area contributed by atoms with Crippen molar-refractivity contribution in [2.75, 3.05) is 18.1 Å². The van der Waals surface area contributed by atoms with Gasteiger partial charge in [0.25, 0.3) is 5.91 Å². The summed E-state index contributed by atoms with van der Waals surface area (Å²) in [4.78, 5) is 19.7. The van der Waals surface area contributed by atoms with Gasteiger partial charge in [0.05, 0.1) is 28.9 Å². The number of ether oxygens (including phenoxy) is 1. The molecule has 1 aliphatic heterocycles. The fourth-order valence-corrected chi connectivity index (χ4v) is 4.21. The standard InChI is InChI=1S/C21H19ClN2O2S/c22-18-11-5-4-10-17(18)20(25)24(13-16-9-6-12-26-16)21-23-19(14-27-21)15-7-2-1-3-8-15/h1-5,7-8,10-11,14,16H,6,9,12-13H2/t16-/m1/s1. The minimum atomic E-state index is -0.148. The van der Waals surface area contributed by atoms with E-state index in [1.165, 1.54) is 11.3 Å². The van der Waals surface area contributed by atoms with Crippen molar-refractivity contribution >= 4 is 34.0 Å². The summed E-state index contributed by atoms with van der Waals surface area (Å²) in [6, 6.07) is 17.1. The molecule has 0 radical (unpaired) electrons.